The molecule has 2 aromatic heterocycles. The van der Waals surface area contributed by atoms with Gasteiger partial charge in [0, 0.05) is 23.8 Å². The Morgan fingerprint density at radius 2 is 1.35 bits per heavy atom. The van der Waals surface area contributed by atoms with Crippen LogP contribution in [-0.4, -0.2) is 44.8 Å². The van der Waals surface area contributed by atoms with Gasteiger partial charge >= 0.3 is 29.8 Å². The van der Waals surface area contributed by atoms with Gasteiger partial charge in [0.1, 0.15) is 11.3 Å². The predicted octanol–water partition coefficient (Wildman–Crippen LogP) is 3.37. The predicted molar refractivity (Wildman–Crippen MR) is 116 cm³/mol. The molecule has 0 atom stereocenters. The number of para-hydroxylation sites is 2. The molecule has 0 saturated heterocycles. The van der Waals surface area contributed by atoms with Crippen molar-refractivity contribution in [2.45, 2.75) is 12.5 Å². The molecule has 161 valence electrons. The number of hydrogen-bond acceptors (Lipinski definition) is 7. The van der Waals surface area contributed by atoms with Crippen LogP contribution in [0.2, 0.25) is 6.04 Å². The van der Waals surface area contributed by atoms with E-state index in [1.54, 1.807) is 24.5 Å². The second kappa shape index (κ2) is 12.3. The van der Waals surface area contributed by atoms with Crippen LogP contribution in [0.1, 0.15) is 6.42 Å². The van der Waals surface area contributed by atoms with E-state index in [0.717, 1.165) is 39.3 Å². The van der Waals surface area contributed by atoms with Crippen molar-refractivity contribution in [3.05, 3.63) is 78.4 Å². The number of aromatic nitrogens is 2. The van der Waals surface area contributed by atoms with Crippen molar-refractivity contribution < 1.29 is 40.5 Å². The van der Waals surface area contributed by atoms with E-state index in [1.807, 2.05) is 48.5 Å². The molecule has 4 aromatic rings. The van der Waals surface area contributed by atoms with Crippen LogP contribution in [-0.2, 0) is 21.0 Å². The topological polar surface area (TPSA) is 138 Å². The molecule has 31 heavy (non-hydrogen) atoms. The molecule has 0 aliphatic carbocycles. The van der Waals surface area contributed by atoms with Gasteiger partial charge in [-0.05, 0) is 23.6 Å². The molecule has 0 radical (unpaired) electrons. The molecule has 2 heterocycles. The fourth-order valence-corrected chi connectivity index (χ4v) is 3.45. The Balaban J connectivity index is 0.000000224. The van der Waals surface area contributed by atoms with Gasteiger partial charge in [0.05, 0.1) is 5.52 Å². The number of fused-ring (bicyclic) bond motifs is 2. The van der Waals surface area contributed by atoms with Crippen LogP contribution in [0.25, 0.3) is 27.1 Å². The number of hydrogen-bond donors (Lipinski definition) is 4. The molecule has 4 N–H and O–H groups in total. The van der Waals surface area contributed by atoms with Crippen molar-refractivity contribution in [3.8, 4) is 5.75 Å². The van der Waals surface area contributed by atoms with Crippen molar-refractivity contribution in [2.24, 2.45) is 0 Å². The van der Waals surface area contributed by atoms with Crippen molar-refractivity contribution >= 4 is 36.3 Å². The molecule has 0 unspecified atom stereocenters. The minimum absolute atomic E-state index is 0.00863. The summed E-state index contributed by atoms with van der Waals surface area (Å²) in [4.78, 5) is 35.0. The normalized spacial score (nSPS) is 10.5. The summed E-state index contributed by atoms with van der Waals surface area (Å²) in [6, 6.07) is 18.7. The van der Waals surface area contributed by atoms with Gasteiger partial charge < -0.3 is 24.8 Å². The number of rotatable bonds is 5. The van der Waals surface area contributed by atoms with E-state index in [2.05, 4.69) is 15.3 Å². The van der Waals surface area contributed by atoms with Gasteiger partial charge in [0.25, 0.3) is 0 Å². The first-order valence-electron chi connectivity index (χ1n) is 9.33. The van der Waals surface area contributed by atoms with E-state index in [1.165, 1.54) is 0 Å². The number of benzene rings is 2. The summed E-state index contributed by atoms with van der Waals surface area (Å²) < 4.78 is 8.19. The van der Waals surface area contributed by atoms with Crippen LogP contribution in [0.5, 0.6) is 5.75 Å². The first kappa shape index (κ1) is 24.6. The standard InChI is InChI=1S/C12H15N2O3Si.C9H7NO.O.V/c15-18(16,17)9-3-8-13-11-6-1-4-10-5-2-7-14-12(10)11;11-8-5-1-3-7-4-2-6-10-9(7)8;;/h1-2,4-7,15-17H,3,8-9H2;1-6,11H;;/q-1;;;. The molecule has 2 aromatic carbocycles. The van der Waals surface area contributed by atoms with Crippen LogP contribution < -0.4 is 0 Å². The SMILES string of the molecule is O[Si](O)(O)CCC[N-]c1cccc2cccnc12.Oc1cccc2cccnc12.[O]=[V]. The molecule has 0 bridgehead atoms. The average molecular weight is 475 g/mol. The number of aromatic hydroxyl groups is 1. The minimum atomic E-state index is -3.92. The summed E-state index contributed by atoms with van der Waals surface area (Å²) >= 11 is 1.06. The summed E-state index contributed by atoms with van der Waals surface area (Å²) in [6.45, 7) is 0.437. The fraction of sp³-hybridized carbons (Fsp3) is 0.143. The van der Waals surface area contributed by atoms with Gasteiger partial charge in [-0.2, -0.15) is 0 Å². The molecular weight excluding hydrogens is 453 g/mol. The molecule has 0 aliphatic heterocycles. The molecule has 0 saturated carbocycles. The van der Waals surface area contributed by atoms with Crippen LogP contribution >= 0.6 is 0 Å². The zero-order chi connectivity index (χ0) is 22.7. The third kappa shape index (κ3) is 7.83. The van der Waals surface area contributed by atoms with Gasteiger partial charge in [-0.1, -0.05) is 48.9 Å². The summed E-state index contributed by atoms with van der Waals surface area (Å²) in [7, 11) is -3.92. The molecular formula is C21H22N3O5SiV-. The number of pyridine rings is 2. The fourth-order valence-electron chi connectivity index (χ4n) is 2.82. The van der Waals surface area contributed by atoms with Gasteiger partial charge in [0.2, 0.25) is 0 Å². The van der Waals surface area contributed by atoms with Crippen molar-refractivity contribution in [1.82, 2.24) is 9.97 Å². The Labute approximate surface area is 189 Å². The molecule has 10 heteroatoms. The Kier molecular flexibility index (Phi) is 9.73. The maximum absolute atomic E-state index is 9.31. The molecule has 0 aliphatic rings. The zero-order valence-corrected chi connectivity index (χ0v) is 18.9. The second-order valence-electron chi connectivity index (χ2n) is 6.46. The molecule has 8 nitrogen and oxygen atoms in total. The molecule has 0 fully saturated rings. The van der Waals surface area contributed by atoms with Gasteiger partial charge in [0.15, 0.2) is 0 Å². The molecule has 4 rings (SSSR count). The first-order valence-corrected chi connectivity index (χ1v) is 12.0. The summed E-state index contributed by atoms with van der Waals surface area (Å²) in [6.07, 6.45) is 3.83. The summed E-state index contributed by atoms with van der Waals surface area (Å²) in [5, 5.41) is 15.7. The molecule has 0 amide bonds. The third-order valence-corrected chi connectivity index (χ3v) is 5.20. The van der Waals surface area contributed by atoms with Crippen LogP contribution in [0.4, 0.5) is 5.69 Å². The Hall–Kier alpha value is -2.66. The first-order chi connectivity index (χ1) is 14.9. The van der Waals surface area contributed by atoms with Crippen LogP contribution in [0, 0.1) is 0 Å². The molecule has 0 spiro atoms. The van der Waals surface area contributed by atoms with Crippen LogP contribution in [0.3, 0.4) is 0 Å². The quantitative estimate of drug-likeness (QED) is 0.256. The van der Waals surface area contributed by atoms with Gasteiger partial charge in [-0.25, -0.2) is 0 Å². The zero-order valence-electron chi connectivity index (χ0n) is 16.5. The van der Waals surface area contributed by atoms with E-state index < -0.39 is 8.80 Å². The van der Waals surface area contributed by atoms with Crippen LogP contribution in [0.15, 0.2) is 73.1 Å². The van der Waals surface area contributed by atoms with E-state index in [9.17, 15) is 5.11 Å². The van der Waals surface area contributed by atoms with Crippen molar-refractivity contribution in [1.29, 1.82) is 0 Å². The number of phenols is 1. The summed E-state index contributed by atoms with van der Waals surface area (Å²) in [5.74, 6) is 0.239. The maximum atomic E-state index is 9.31. The van der Waals surface area contributed by atoms with Crippen molar-refractivity contribution in [2.75, 3.05) is 6.54 Å². The van der Waals surface area contributed by atoms with E-state index >= 15 is 0 Å². The van der Waals surface area contributed by atoms with Crippen molar-refractivity contribution in [3.63, 3.8) is 0 Å². The average Bonchev–Trinajstić information content (AvgIpc) is 2.78. The van der Waals surface area contributed by atoms with E-state index in [-0.39, 0.29) is 11.8 Å². The monoisotopic (exact) mass is 475 g/mol. The number of phenolic OH excluding ortho intramolecular Hbond substituents is 1. The number of nitrogens with zero attached hydrogens (tertiary/aromatic N) is 3. The third-order valence-electron chi connectivity index (χ3n) is 4.18. The van der Waals surface area contributed by atoms with Gasteiger partial charge in [-0.3, -0.25) is 9.97 Å². The Bertz CT molecular complexity index is 1100. The van der Waals surface area contributed by atoms with E-state index in [4.69, 9.17) is 18.1 Å². The second-order valence-corrected chi connectivity index (χ2v) is 8.51. The van der Waals surface area contributed by atoms with Gasteiger partial charge in [-0.15, -0.1) is 12.2 Å². The Morgan fingerprint density at radius 1 is 0.806 bits per heavy atom. The van der Waals surface area contributed by atoms with E-state index in [0.29, 0.717) is 18.5 Å². The Morgan fingerprint density at radius 3 is 1.97 bits per heavy atom. The summed E-state index contributed by atoms with van der Waals surface area (Å²) in [5.41, 5.74) is 2.28.